The van der Waals surface area contributed by atoms with Crippen molar-refractivity contribution in [2.45, 2.75) is 279 Å². The van der Waals surface area contributed by atoms with Crippen LogP contribution in [0.1, 0.15) is 307 Å². The minimum atomic E-state index is -0.414. The fraction of sp³-hybridized carbons (Fsp3) is 0.365. The molecule has 0 bridgehead atoms. The Hall–Kier alpha value is -14.0. The number of phenolic OH excluding ortho intramolecular Hbond substituents is 7. The van der Waals surface area contributed by atoms with Gasteiger partial charge in [-0.15, -0.1) is 12.4 Å². The summed E-state index contributed by atoms with van der Waals surface area (Å²) in [5.74, 6) is 0.0139. The second kappa shape index (κ2) is 54.3. The summed E-state index contributed by atoms with van der Waals surface area (Å²) >= 11 is 0. The second-order valence-electron chi connectivity index (χ2n) is 41.4. The van der Waals surface area contributed by atoms with Gasteiger partial charge in [0.1, 0.15) is 52.5 Å². The van der Waals surface area contributed by atoms with E-state index in [4.69, 9.17) is 19.6 Å². The van der Waals surface area contributed by atoms with Crippen molar-refractivity contribution in [2.24, 2.45) is 0 Å². The molecule has 0 unspecified atom stereocenters. The van der Waals surface area contributed by atoms with E-state index in [1.54, 1.807) is 62.4 Å². The van der Waals surface area contributed by atoms with E-state index < -0.39 is 29.8 Å². The lowest BCUT2D eigenvalue weighted by molar-refractivity contribution is -0.588. The molecular formula is C115H151Cl2N7O19. The summed E-state index contributed by atoms with van der Waals surface area (Å²) in [4.78, 5) is 103. The molecule has 0 aliphatic carbocycles. The number of carbonyl (C=O) groups is 7. The van der Waals surface area contributed by atoms with Gasteiger partial charge in [0.05, 0.1) is 28.4 Å². The van der Waals surface area contributed by atoms with Crippen LogP contribution in [0, 0.1) is 41.5 Å². The summed E-state index contributed by atoms with van der Waals surface area (Å²) in [6.45, 7) is 62.2. The summed E-state index contributed by atoms with van der Waals surface area (Å²) in [5, 5.41) is 75.8. The van der Waals surface area contributed by atoms with Crippen LogP contribution in [-0.2, 0) is 100 Å². The van der Waals surface area contributed by atoms with E-state index in [0.29, 0.717) is 67.9 Å². The van der Waals surface area contributed by atoms with Crippen LogP contribution in [-0.4, -0.2) is 77.2 Å². The number of nitrogens with two attached hydrogens (primary N) is 1. The summed E-state index contributed by atoms with van der Waals surface area (Å²) in [5.41, 5.74) is 33.6. The zero-order valence-corrected chi connectivity index (χ0v) is 90.6. The Morgan fingerprint density at radius 1 is 0.315 bits per heavy atom. The Balaban J connectivity index is 0.000000437. The number of nitrogens with one attached hydrogen (secondary N) is 6. The van der Waals surface area contributed by atoms with Gasteiger partial charge < -0.3 is 83.0 Å². The number of phenols is 7. The maximum atomic E-state index is 13.3. The normalized spacial score (nSPS) is 11.0. The van der Waals surface area contributed by atoms with Gasteiger partial charge in [-0.3, -0.25) is 33.6 Å². The van der Waals surface area contributed by atoms with E-state index in [9.17, 15) is 64.2 Å². The minimum absolute atomic E-state index is 0. The smallest absolute Gasteiger partial charge is 0.329 e. The van der Waals surface area contributed by atoms with Crippen molar-refractivity contribution in [3.8, 4) is 40.2 Å². The molecule has 0 atom stereocenters. The maximum Gasteiger partial charge on any atom is 0.329 e. The number of hydrogen-bond acceptors (Lipinski definition) is 25. The molecule has 0 saturated heterocycles. The fourth-order valence-electron chi connectivity index (χ4n) is 14.1. The number of rotatable bonds is 22. The van der Waals surface area contributed by atoms with Crippen LogP contribution in [0.15, 0.2) is 194 Å². The third-order valence-electron chi connectivity index (χ3n) is 22.0. The molecule has 0 amide bonds. The third-order valence-corrected chi connectivity index (χ3v) is 22.0. The van der Waals surface area contributed by atoms with Crippen LogP contribution in [0.5, 0.6) is 40.2 Å². The predicted octanol–water partition coefficient (Wildman–Crippen LogP) is 22.4. The average Bonchev–Trinajstić information content (AvgIpc) is 0.791. The molecule has 15 N–H and O–H groups in total. The molecule has 11 rings (SSSR count). The summed E-state index contributed by atoms with van der Waals surface area (Å²) < 4.78 is 0. The number of aromatic hydroxyl groups is 7. The number of ketones is 2. The highest BCUT2D eigenvalue weighted by molar-refractivity contribution is 6.10. The van der Waals surface area contributed by atoms with Gasteiger partial charge in [-0.1, -0.05) is 205 Å². The van der Waals surface area contributed by atoms with Gasteiger partial charge in [-0.2, -0.15) is 0 Å². The summed E-state index contributed by atoms with van der Waals surface area (Å²) in [7, 11) is 0. The second-order valence-corrected chi connectivity index (χ2v) is 41.4. The molecule has 11 aromatic carbocycles. The Morgan fingerprint density at radius 2 is 0.594 bits per heavy atom. The van der Waals surface area contributed by atoms with Crippen molar-refractivity contribution in [1.29, 1.82) is 0 Å². The topological polar surface area (TPSA) is 396 Å². The molecule has 0 spiro atoms. The first-order valence-corrected chi connectivity index (χ1v) is 46.8. The lowest BCUT2D eigenvalue weighted by Crippen LogP contribution is -3.00. The third kappa shape index (κ3) is 40.2. The number of hydrogen-bond donors (Lipinski definition) is 14. The van der Waals surface area contributed by atoms with E-state index in [1.165, 1.54) is 69.0 Å². The van der Waals surface area contributed by atoms with Gasteiger partial charge in [-0.25, -0.2) is 27.4 Å². The number of aryl methyl sites for hydroxylation is 7. The molecule has 26 nitrogen and oxygen atoms in total. The largest absolute Gasteiger partial charge is 1.00 e. The summed E-state index contributed by atoms with van der Waals surface area (Å²) in [6.07, 6.45) is 0.723. The first kappa shape index (κ1) is 123. The van der Waals surface area contributed by atoms with Crippen LogP contribution in [0.4, 0.5) is 39.8 Å². The van der Waals surface area contributed by atoms with Crippen molar-refractivity contribution >= 4 is 93.6 Å². The van der Waals surface area contributed by atoms with Gasteiger partial charge in [0.15, 0.2) is 11.6 Å². The molecule has 0 fully saturated rings. The number of anilines is 6. The highest BCUT2D eigenvalue weighted by atomic mass is 35.5. The SMILES string of the molecule is CC(=O)ONc1cc(C(C)(C)C)c(O)c(C(C)(C)C)c1.CC(=O)ONc1cc(C(C)(C)C)c(O)c(C(C)(C)C)c1.CC(=O)ONc1cc(C)c(O)c(C)c1.CC(=O)ONc1ccc(O)cc1.CCc1cc(NOC(C)=O)cc(C(C)C)c1O.Cc1ccc(CNc2ccc(C(=O)c3cc(C(C)(C)C)c(O)c(C(C)(C)C)c3)cc2)cc1.Cc1ccc(C[NH2+]c2ccc(C(=O)c3cc(C)c(O)c(C)c3)cc2)cc1.Cl.[Cl-]. The Morgan fingerprint density at radius 3 is 0.909 bits per heavy atom. The number of benzene rings is 11. The zero-order chi connectivity index (χ0) is 106. The van der Waals surface area contributed by atoms with E-state index in [2.05, 4.69) is 152 Å². The molecule has 0 aromatic heterocycles. The maximum absolute atomic E-state index is 13.3. The van der Waals surface area contributed by atoms with Crippen molar-refractivity contribution in [3.05, 3.63) is 305 Å². The molecular weight excluding hydrogens is 1850 g/mol. The highest BCUT2D eigenvalue weighted by Gasteiger charge is 2.32. The van der Waals surface area contributed by atoms with E-state index >= 15 is 0 Å². The first-order chi connectivity index (χ1) is 65.3. The van der Waals surface area contributed by atoms with Crippen LogP contribution in [0.25, 0.3) is 0 Å². The minimum Gasteiger partial charge on any atom is -1.00 e. The van der Waals surface area contributed by atoms with Crippen molar-refractivity contribution in [3.63, 3.8) is 0 Å². The lowest BCUT2D eigenvalue weighted by atomic mass is 9.77. The van der Waals surface area contributed by atoms with Crippen LogP contribution < -0.4 is 50.4 Å². The standard InChI is InChI=1S/C29H35NO2.C23H23NO2.2C16H25NO3.C13H19NO3.C10H13NO3.C8H9NO3.2ClH/c1-19-8-10-20(11-9-19)18-30-23-14-12-21(13-15-23)26(31)22-16-24(28(2,3)4)27(32)25(17-22)29(5,6)7;1-15-4-6-18(7-5-15)14-24-21-10-8-19(9-11-21)23(26)20-12-16(2)22(25)17(3)13-20;2*1-10(18)20-17-11-8-12(15(2,3)4)14(19)13(9-11)16(5,6)7;1-5-10-6-11(14-17-9(4)15)7-12(8(2)3)13(10)16;1-6-4-9(11-14-8(3)12)5-7(2)10(6)13;1-6(10)12-9-7-2-4-8(11)5-3-7;;/h8-17,30,32H,18H2,1-7H3;4-13,24-25H,14H2,1-3H3;2*8-9,17,19H,1-7H3;6-8,14,16H,5H2,1-4H3;4-5,11,13H,1-3H3;2-5,9,11H,1H3;2*1H. The van der Waals surface area contributed by atoms with Crippen LogP contribution >= 0.6 is 12.4 Å². The monoisotopic (exact) mass is 2000 g/mol. The van der Waals surface area contributed by atoms with Crippen molar-refractivity contribution in [1.82, 2.24) is 0 Å². The highest BCUT2D eigenvalue weighted by Crippen LogP contribution is 2.45. The number of quaternary nitrogens is 1. The van der Waals surface area contributed by atoms with Gasteiger partial charge in [0.2, 0.25) is 0 Å². The predicted molar refractivity (Wildman–Crippen MR) is 570 cm³/mol. The molecule has 0 heterocycles. The molecule has 28 heteroatoms. The molecule has 11 aromatic rings. The molecule has 143 heavy (non-hydrogen) atoms. The van der Waals surface area contributed by atoms with Gasteiger partial charge in [-0.05, 0) is 271 Å². The Bertz CT molecular complexity index is 5850. The molecule has 774 valence electrons. The average molecular weight is 2010 g/mol. The van der Waals surface area contributed by atoms with Crippen molar-refractivity contribution < 1.29 is 111 Å². The summed E-state index contributed by atoms with van der Waals surface area (Å²) in [6, 6.07) is 59.8. The molecule has 0 saturated carbocycles. The lowest BCUT2D eigenvalue weighted by Gasteiger charge is -2.28. The first-order valence-electron chi connectivity index (χ1n) is 46.8. The van der Waals surface area contributed by atoms with Crippen LogP contribution in [0.3, 0.4) is 0 Å². The quantitative estimate of drug-likeness (QED) is 0.00985. The molecule has 0 radical (unpaired) electrons. The Labute approximate surface area is 857 Å². The van der Waals surface area contributed by atoms with Gasteiger partial charge in [0.25, 0.3) is 0 Å². The van der Waals surface area contributed by atoms with Gasteiger partial charge in [0, 0.05) is 108 Å². The van der Waals surface area contributed by atoms with E-state index in [-0.39, 0.29) is 97.8 Å². The molecule has 0 aliphatic rings. The van der Waals surface area contributed by atoms with E-state index in [0.717, 1.165) is 97.6 Å². The fourth-order valence-corrected chi connectivity index (χ4v) is 14.1. The van der Waals surface area contributed by atoms with Gasteiger partial charge >= 0.3 is 29.8 Å². The molecule has 0 aliphatic heterocycles. The Kier molecular flexibility index (Phi) is 46.8. The van der Waals surface area contributed by atoms with Crippen molar-refractivity contribution in [2.75, 3.05) is 32.7 Å². The number of halogens is 2. The van der Waals surface area contributed by atoms with E-state index in [1.807, 2.05) is 203 Å². The van der Waals surface area contributed by atoms with Crippen LogP contribution in [0.2, 0.25) is 0 Å². The number of carbonyl (C=O) groups excluding carboxylic acids is 7. The zero-order valence-electron chi connectivity index (χ0n) is 89.1.